The highest BCUT2D eigenvalue weighted by Crippen LogP contribution is 2.35. The summed E-state index contributed by atoms with van der Waals surface area (Å²) < 4.78 is 5.98. The molecule has 3 nitrogen and oxygen atoms in total. The van der Waals surface area contributed by atoms with Gasteiger partial charge in [-0.3, -0.25) is 9.69 Å². The van der Waals surface area contributed by atoms with Crippen LogP contribution in [0.15, 0.2) is 113 Å². The van der Waals surface area contributed by atoms with E-state index in [-0.39, 0.29) is 5.91 Å². The van der Waals surface area contributed by atoms with E-state index in [1.54, 1.807) is 11.0 Å². The molecule has 0 saturated heterocycles. The number of benzene rings is 3. The minimum Gasteiger partial charge on any atom is -0.457 e. The molecule has 150 valence electrons. The Labute approximate surface area is 185 Å². The van der Waals surface area contributed by atoms with Gasteiger partial charge in [0.2, 0.25) is 0 Å². The quantitative estimate of drug-likeness (QED) is 0.329. The molecule has 0 aliphatic carbocycles. The highest BCUT2D eigenvalue weighted by Gasteiger charge is 2.30. The maximum atomic E-state index is 13.4. The molecule has 31 heavy (non-hydrogen) atoms. The topological polar surface area (TPSA) is 33.5 Å². The third-order valence-corrected chi connectivity index (χ3v) is 5.34. The van der Waals surface area contributed by atoms with Crippen LogP contribution in [-0.4, -0.2) is 5.91 Å². The first-order valence-corrected chi connectivity index (χ1v) is 10.3. The summed E-state index contributed by atoms with van der Waals surface area (Å²) in [4.78, 5) is 15.1. The number of amides is 1. The summed E-state index contributed by atoms with van der Waals surface area (Å²) in [5.41, 5.74) is 4.09. The van der Waals surface area contributed by atoms with Crippen molar-refractivity contribution in [2.75, 3.05) is 4.90 Å². The Morgan fingerprint density at radius 3 is 2.23 bits per heavy atom. The van der Waals surface area contributed by atoms with Crippen LogP contribution in [0.3, 0.4) is 0 Å². The lowest BCUT2D eigenvalue weighted by molar-refractivity contribution is -0.113. The summed E-state index contributed by atoms with van der Waals surface area (Å²) in [7, 11) is 0. The highest BCUT2D eigenvalue weighted by atomic mass is 35.5. The first-order valence-electron chi connectivity index (χ1n) is 9.93. The molecule has 0 atom stereocenters. The van der Waals surface area contributed by atoms with Crippen molar-refractivity contribution in [1.82, 2.24) is 0 Å². The van der Waals surface area contributed by atoms with Gasteiger partial charge in [-0.25, -0.2) is 0 Å². The fourth-order valence-corrected chi connectivity index (χ4v) is 3.84. The first-order chi connectivity index (χ1) is 15.2. The first kappa shape index (κ1) is 19.2. The van der Waals surface area contributed by atoms with Gasteiger partial charge in [0, 0.05) is 21.8 Å². The SMILES string of the molecule is O=C1C(=Cc2ccc(-c3cccc(Cl)c3)o2)C=C(c2ccccc2)N1c1ccccc1. The largest absolute Gasteiger partial charge is 0.457 e. The molecule has 1 amide bonds. The van der Waals surface area contributed by atoms with E-state index in [4.69, 9.17) is 16.0 Å². The number of rotatable bonds is 4. The van der Waals surface area contributed by atoms with Crippen molar-refractivity contribution in [2.24, 2.45) is 0 Å². The van der Waals surface area contributed by atoms with Gasteiger partial charge in [-0.15, -0.1) is 0 Å². The fraction of sp³-hybridized carbons (Fsp3) is 0. The molecule has 3 aromatic carbocycles. The average molecular weight is 424 g/mol. The smallest absolute Gasteiger partial charge is 0.263 e. The molecule has 1 aliphatic rings. The molecule has 0 spiro atoms. The molecule has 0 radical (unpaired) electrons. The van der Waals surface area contributed by atoms with Crippen LogP contribution in [0.5, 0.6) is 0 Å². The minimum absolute atomic E-state index is 0.0919. The number of para-hydroxylation sites is 1. The Morgan fingerprint density at radius 1 is 0.774 bits per heavy atom. The van der Waals surface area contributed by atoms with Crippen molar-refractivity contribution in [3.05, 3.63) is 125 Å². The molecule has 0 unspecified atom stereocenters. The van der Waals surface area contributed by atoms with Crippen LogP contribution >= 0.6 is 11.6 Å². The molecule has 2 heterocycles. The summed E-state index contributed by atoms with van der Waals surface area (Å²) in [5.74, 6) is 1.22. The van der Waals surface area contributed by atoms with Gasteiger partial charge >= 0.3 is 0 Å². The zero-order valence-corrected chi connectivity index (χ0v) is 17.3. The molecule has 0 saturated carbocycles. The van der Waals surface area contributed by atoms with Gasteiger partial charge in [-0.1, -0.05) is 72.3 Å². The molecule has 1 aromatic heterocycles. The van der Waals surface area contributed by atoms with E-state index in [9.17, 15) is 4.79 Å². The molecule has 4 heteroatoms. The lowest BCUT2D eigenvalue weighted by Gasteiger charge is -2.20. The molecular formula is C27H18ClNO2. The number of hydrogen-bond acceptors (Lipinski definition) is 2. The molecule has 1 aliphatic heterocycles. The Kier molecular flexibility index (Phi) is 5.03. The third-order valence-electron chi connectivity index (χ3n) is 5.10. The molecule has 0 fully saturated rings. The lowest BCUT2D eigenvalue weighted by Crippen LogP contribution is -2.24. The monoisotopic (exact) mass is 423 g/mol. The summed E-state index contributed by atoms with van der Waals surface area (Å²) in [6.45, 7) is 0. The normalized spacial score (nSPS) is 14.9. The van der Waals surface area contributed by atoms with Crippen molar-refractivity contribution in [1.29, 1.82) is 0 Å². The molecule has 0 N–H and O–H groups in total. The van der Waals surface area contributed by atoms with E-state index in [1.165, 1.54) is 0 Å². The Hall–Kier alpha value is -3.82. The van der Waals surface area contributed by atoms with Gasteiger partial charge in [-0.05, 0) is 54.1 Å². The minimum atomic E-state index is -0.0919. The van der Waals surface area contributed by atoms with E-state index in [2.05, 4.69) is 0 Å². The maximum absolute atomic E-state index is 13.4. The summed E-state index contributed by atoms with van der Waals surface area (Å²) in [6.07, 6.45) is 3.69. The number of anilines is 1. The van der Waals surface area contributed by atoms with Crippen LogP contribution in [-0.2, 0) is 4.79 Å². The zero-order valence-electron chi connectivity index (χ0n) is 16.5. The Balaban J connectivity index is 1.54. The van der Waals surface area contributed by atoms with Crippen LogP contribution in [0.25, 0.3) is 23.1 Å². The van der Waals surface area contributed by atoms with Crippen LogP contribution in [0.4, 0.5) is 5.69 Å². The molecule has 5 rings (SSSR count). The molecule has 0 bridgehead atoms. The van der Waals surface area contributed by atoms with Crippen LogP contribution in [0.2, 0.25) is 5.02 Å². The van der Waals surface area contributed by atoms with E-state index < -0.39 is 0 Å². The van der Waals surface area contributed by atoms with Crippen molar-refractivity contribution in [3.63, 3.8) is 0 Å². The van der Waals surface area contributed by atoms with Gasteiger partial charge in [0.15, 0.2) is 0 Å². The standard InChI is InChI=1S/C27H18ClNO2/c28-22-11-7-10-20(16-22)26-15-14-24(31-26)17-21-18-25(19-8-3-1-4-9-19)29(27(21)30)23-12-5-2-6-13-23/h1-18H. The highest BCUT2D eigenvalue weighted by molar-refractivity contribution is 6.30. The van der Waals surface area contributed by atoms with Crippen molar-refractivity contribution in [3.8, 4) is 11.3 Å². The predicted octanol–water partition coefficient (Wildman–Crippen LogP) is 7.07. The second-order valence-electron chi connectivity index (χ2n) is 7.18. The summed E-state index contributed by atoms with van der Waals surface area (Å²) in [6, 6.07) is 30.8. The van der Waals surface area contributed by atoms with Crippen LogP contribution in [0.1, 0.15) is 11.3 Å². The number of halogens is 1. The third kappa shape index (κ3) is 3.83. The zero-order chi connectivity index (χ0) is 21.2. The van der Waals surface area contributed by atoms with Gasteiger partial charge < -0.3 is 4.42 Å². The number of nitrogens with zero attached hydrogens (tertiary/aromatic N) is 1. The van der Waals surface area contributed by atoms with Crippen LogP contribution < -0.4 is 4.90 Å². The summed E-state index contributed by atoms with van der Waals surface area (Å²) >= 11 is 6.10. The second kappa shape index (κ2) is 8.13. The molecular weight excluding hydrogens is 406 g/mol. The van der Waals surface area contributed by atoms with Crippen molar-refractivity contribution >= 4 is 35.0 Å². The van der Waals surface area contributed by atoms with Crippen molar-refractivity contribution in [2.45, 2.75) is 0 Å². The number of hydrogen-bond donors (Lipinski definition) is 0. The van der Waals surface area contributed by atoms with E-state index in [0.29, 0.717) is 22.1 Å². The van der Waals surface area contributed by atoms with Gasteiger partial charge in [-0.2, -0.15) is 0 Å². The van der Waals surface area contributed by atoms with Gasteiger partial charge in [0.1, 0.15) is 11.5 Å². The maximum Gasteiger partial charge on any atom is 0.263 e. The fourth-order valence-electron chi connectivity index (χ4n) is 3.65. The van der Waals surface area contributed by atoms with E-state index in [1.807, 2.05) is 103 Å². The average Bonchev–Trinajstić information content (AvgIpc) is 3.40. The van der Waals surface area contributed by atoms with Crippen LogP contribution in [0, 0.1) is 0 Å². The number of furan rings is 1. The summed E-state index contributed by atoms with van der Waals surface area (Å²) in [5, 5.41) is 0.647. The van der Waals surface area contributed by atoms with Gasteiger partial charge in [0.05, 0.1) is 5.70 Å². The lowest BCUT2D eigenvalue weighted by atomic mass is 10.1. The number of carbonyl (C=O) groups is 1. The Bertz CT molecular complexity index is 1300. The van der Waals surface area contributed by atoms with E-state index in [0.717, 1.165) is 22.5 Å². The number of carbonyl (C=O) groups excluding carboxylic acids is 1. The predicted molar refractivity (Wildman–Crippen MR) is 125 cm³/mol. The Morgan fingerprint density at radius 2 is 1.48 bits per heavy atom. The van der Waals surface area contributed by atoms with Gasteiger partial charge in [0.25, 0.3) is 5.91 Å². The van der Waals surface area contributed by atoms with E-state index >= 15 is 0 Å². The van der Waals surface area contributed by atoms with Crippen molar-refractivity contribution < 1.29 is 9.21 Å². The second-order valence-corrected chi connectivity index (χ2v) is 7.62. The molecule has 4 aromatic rings.